The summed E-state index contributed by atoms with van der Waals surface area (Å²) in [5.41, 5.74) is 6.10. The molecule has 1 aromatic rings. The van der Waals surface area contributed by atoms with Crippen molar-refractivity contribution in [3.8, 4) is 11.8 Å². The molecule has 0 saturated heterocycles. The molecule has 0 bridgehead atoms. The van der Waals surface area contributed by atoms with Crippen LogP contribution in [0.5, 0.6) is 0 Å². The highest BCUT2D eigenvalue weighted by Crippen LogP contribution is 2.18. The van der Waals surface area contributed by atoms with Crippen LogP contribution in [-0.2, 0) is 4.79 Å². The fourth-order valence-electron chi connectivity index (χ4n) is 2.06. The van der Waals surface area contributed by atoms with Gasteiger partial charge in [0.25, 0.3) is 0 Å². The summed E-state index contributed by atoms with van der Waals surface area (Å²) in [6, 6.07) is 4.40. The molecular weight excluding hydrogens is 267 g/mol. The molecule has 21 heavy (non-hydrogen) atoms. The van der Waals surface area contributed by atoms with Crippen LogP contribution in [0.4, 0.5) is 10.1 Å². The first-order chi connectivity index (χ1) is 10.1. The third-order valence-corrected chi connectivity index (χ3v) is 3.33. The highest BCUT2D eigenvalue weighted by atomic mass is 19.1. The normalized spacial score (nSPS) is 11.4. The zero-order chi connectivity index (χ0) is 15.7. The van der Waals surface area contributed by atoms with Gasteiger partial charge in [0.15, 0.2) is 0 Å². The third-order valence-electron chi connectivity index (χ3n) is 3.33. The molecule has 0 radical (unpaired) electrons. The van der Waals surface area contributed by atoms with Gasteiger partial charge < -0.3 is 11.1 Å². The smallest absolute Gasteiger partial charge is 0.227 e. The van der Waals surface area contributed by atoms with Crippen LogP contribution in [0.3, 0.4) is 0 Å². The Morgan fingerprint density at radius 1 is 1.43 bits per heavy atom. The zero-order valence-electron chi connectivity index (χ0n) is 12.7. The Kier molecular flexibility index (Phi) is 7.49. The minimum absolute atomic E-state index is 0.00595. The van der Waals surface area contributed by atoms with Gasteiger partial charge >= 0.3 is 0 Å². The van der Waals surface area contributed by atoms with E-state index in [1.165, 1.54) is 6.07 Å². The van der Waals surface area contributed by atoms with E-state index in [2.05, 4.69) is 24.1 Å². The van der Waals surface area contributed by atoms with E-state index >= 15 is 0 Å². The van der Waals surface area contributed by atoms with Gasteiger partial charge in [-0.05, 0) is 31.0 Å². The quantitative estimate of drug-likeness (QED) is 0.790. The molecule has 3 nitrogen and oxygen atoms in total. The van der Waals surface area contributed by atoms with Crippen LogP contribution < -0.4 is 11.1 Å². The van der Waals surface area contributed by atoms with E-state index in [0.29, 0.717) is 5.69 Å². The number of anilines is 1. The molecule has 1 unspecified atom stereocenters. The van der Waals surface area contributed by atoms with Gasteiger partial charge in [0.2, 0.25) is 5.91 Å². The zero-order valence-corrected chi connectivity index (χ0v) is 12.7. The number of nitrogens with one attached hydrogen (secondary N) is 1. The lowest BCUT2D eigenvalue weighted by atomic mass is 9.98. The van der Waals surface area contributed by atoms with Crippen LogP contribution in [0.2, 0.25) is 0 Å². The predicted molar refractivity (Wildman–Crippen MR) is 84.3 cm³/mol. The molecule has 1 atom stereocenters. The summed E-state index contributed by atoms with van der Waals surface area (Å²) >= 11 is 0. The van der Waals surface area contributed by atoms with Gasteiger partial charge in [-0.1, -0.05) is 38.5 Å². The lowest BCUT2D eigenvalue weighted by Crippen LogP contribution is -2.22. The predicted octanol–water partition coefficient (Wildman–Crippen LogP) is 3.29. The fourth-order valence-corrected chi connectivity index (χ4v) is 2.06. The number of hydrogen-bond donors (Lipinski definition) is 2. The Morgan fingerprint density at radius 3 is 2.81 bits per heavy atom. The van der Waals surface area contributed by atoms with Gasteiger partial charge in [-0.15, -0.1) is 0 Å². The molecule has 1 rings (SSSR count). The molecule has 0 heterocycles. The van der Waals surface area contributed by atoms with E-state index in [1.54, 1.807) is 12.1 Å². The van der Waals surface area contributed by atoms with Gasteiger partial charge in [-0.3, -0.25) is 4.79 Å². The van der Waals surface area contributed by atoms with Gasteiger partial charge in [0.1, 0.15) is 5.82 Å². The van der Waals surface area contributed by atoms with E-state index in [4.69, 9.17) is 5.73 Å². The highest BCUT2D eigenvalue weighted by molar-refractivity contribution is 5.92. The number of carbonyl (C=O) groups excluding carboxylic acids is 1. The lowest BCUT2D eigenvalue weighted by molar-refractivity contribution is -0.120. The Balaban J connectivity index is 2.80. The van der Waals surface area contributed by atoms with E-state index in [-0.39, 0.29) is 23.9 Å². The molecular formula is C17H23FN2O. The summed E-state index contributed by atoms with van der Waals surface area (Å²) in [6.45, 7) is 4.28. The van der Waals surface area contributed by atoms with E-state index in [0.717, 1.165) is 25.7 Å². The first-order valence-corrected chi connectivity index (χ1v) is 7.41. The first-order valence-electron chi connectivity index (χ1n) is 7.41. The maximum Gasteiger partial charge on any atom is 0.227 e. The maximum absolute atomic E-state index is 13.6. The van der Waals surface area contributed by atoms with E-state index in [1.807, 2.05) is 6.92 Å². The monoisotopic (exact) mass is 290 g/mol. The second-order valence-electron chi connectivity index (χ2n) is 4.94. The SMILES string of the molecule is CCCCC(CC)C(=O)Nc1ccc(F)c(C#CCN)c1. The molecule has 0 spiro atoms. The number of hydrogen-bond acceptors (Lipinski definition) is 2. The largest absolute Gasteiger partial charge is 0.326 e. The van der Waals surface area contributed by atoms with Crippen LogP contribution in [0.25, 0.3) is 0 Å². The summed E-state index contributed by atoms with van der Waals surface area (Å²) in [4.78, 5) is 12.2. The summed E-state index contributed by atoms with van der Waals surface area (Å²) in [7, 11) is 0. The molecule has 0 aromatic heterocycles. The van der Waals surface area contributed by atoms with Gasteiger partial charge in [0.05, 0.1) is 12.1 Å². The summed E-state index contributed by atoms with van der Waals surface area (Å²) in [5, 5.41) is 2.84. The van der Waals surface area contributed by atoms with Crippen LogP contribution >= 0.6 is 0 Å². The molecule has 3 N–H and O–H groups in total. The molecule has 1 aromatic carbocycles. The van der Waals surface area contributed by atoms with Gasteiger partial charge in [-0.2, -0.15) is 0 Å². The average Bonchev–Trinajstić information content (AvgIpc) is 2.48. The Hall–Kier alpha value is -1.86. The van der Waals surface area contributed by atoms with Crippen molar-refractivity contribution in [2.24, 2.45) is 11.7 Å². The second-order valence-corrected chi connectivity index (χ2v) is 4.94. The summed E-state index contributed by atoms with van der Waals surface area (Å²) in [5.74, 6) is 4.84. The number of amides is 1. The summed E-state index contributed by atoms with van der Waals surface area (Å²) < 4.78 is 13.6. The molecule has 0 saturated carbocycles. The van der Waals surface area contributed by atoms with Crippen molar-refractivity contribution in [1.82, 2.24) is 0 Å². The molecule has 0 aliphatic carbocycles. The Bertz CT molecular complexity index is 531. The lowest BCUT2D eigenvalue weighted by Gasteiger charge is -2.14. The molecule has 0 aliphatic rings. The van der Waals surface area contributed by atoms with Gasteiger partial charge in [-0.25, -0.2) is 4.39 Å². The topological polar surface area (TPSA) is 55.1 Å². The Morgan fingerprint density at radius 2 is 2.19 bits per heavy atom. The molecule has 114 valence electrons. The highest BCUT2D eigenvalue weighted by Gasteiger charge is 2.16. The molecule has 0 fully saturated rings. The number of benzene rings is 1. The fraction of sp³-hybridized carbons (Fsp3) is 0.471. The number of rotatable bonds is 6. The van der Waals surface area contributed by atoms with Crippen molar-refractivity contribution in [1.29, 1.82) is 0 Å². The van der Waals surface area contributed by atoms with Crippen molar-refractivity contribution in [2.45, 2.75) is 39.5 Å². The van der Waals surface area contributed by atoms with Crippen molar-refractivity contribution in [2.75, 3.05) is 11.9 Å². The molecule has 1 amide bonds. The number of carbonyl (C=O) groups is 1. The van der Waals surface area contributed by atoms with Crippen molar-refractivity contribution >= 4 is 11.6 Å². The first kappa shape index (κ1) is 17.2. The van der Waals surface area contributed by atoms with Crippen LogP contribution in [0.15, 0.2) is 18.2 Å². The van der Waals surface area contributed by atoms with Crippen LogP contribution in [-0.4, -0.2) is 12.5 Å². The number of nitrogens with two attached hydrogens (primary N) is 1. The minimum atomic E-state index is -0.410. The number of halogens is 1. The van der Waals surface area contributed by atoms with Gasteiger partial charge in [0, 0.05) is 11.6 Å². The third kappa shape index (κ3) is 5.57. The van der Waals surface area contributed by atoms with Crippen LogP contribution in [0, 0.1) is 23.6 Å². The minimum Gasteiger partial charge on any atom is -0.326 e. The van der Waals surface area contributed by atoms with Crippen molar-refractivity contribution in [3.05, 3.63) is 29.6 Å². The standard InChI is InChI=1S/C17H23FN2O/c1-3-5-7-13(4-2)17(21)20-15-9-10-16(18)14(12-15)8-6-11-19/h9-10,12-13H,3-5,7,11,19H2,1-2H3,(H,20,21). The van der Waals surface area contributed by atoms with Crippen molar-refractivity contribution < 1.29 is 9.18 Å². The van der Waals surface area contributed by atoms with E-state index < -0.39 is 5.82 Å². The molecule has 4 heteroatoms. The van der Waals surface area contributed by atoms with Crippen molar-refractivity contribution in [3.63, 3.8) is 0 Å². The second kappa shape index (κ2) is 9.15. The maximum atomic E-state index is 13.6. The molecule has 0 aliphatic heterocycles. The average molecular weight is 290 g/mol. The van der Waals surface area contributed by atoms with Crippen LogP contribution in [0.1, 0.15) is 45.1 Å². The summed E-state index contributed by atoms with van der Waals surface area (Å²) in [6.07, 6.45) is 3.77. The number of unbranched alkanes of at least 4 members (excludes halogenated alkanes) is 1. The Labute approximate surface area is 126 Å². The van der Waals surface area contributed by atoms with E-state index in [9.17, 15) is 9.18 Å².